The first-order valence-corrected chi connectivity index (χ1v) is 4.62. The lowest BCUT2D eigenvalue weighted by atomic mass is 10.1. The molecular weight excluding hydrogens is 170 g/mol. The van der Waals surface area contributed by atoms with Gasteiger partial charge >= 0.3 is 5.97 Å². The molecule has 2 unspecified atom stereocenters. The third-order valence-electron chi connectivity index (χ3n) is 1.92. The lowest BCUT2D eigenvalue weighted by molar-refractivity contribution is -0.137. The molecular formula is C9H19NO3. The van der Waals surface area contributed by atoms with Gasteiger partial charge in [-0.25, -0.2) is 0 Å². The molecule has 0 aliphatic heterocycles. The van der Waals surface area contributed by atoms with Crippen LogP contribution in [0.4, 0.5) is 0 Å². The van der Waals surface area contributed by atoms with Crippen LogP contribution in [0, 0.1) is 5.92 Å². The summed E-state index contributed by atoms with van der Waals surface area (Å²) in [6.45, 7) is 4.82. The number of hydrogen-bond donors (Lipinski definition) is 3. The van der Waals surface area contributed by atoms with E-state index in [2.05, 4.69) is 5.32 Å². The van der Waals surface area contributed by atoms with E-state index in [1.165, 1.54) is 0 Å². The van der Waals surface area contributed by atoms with Gasteiger partial charge < -0.3 is 15.5 Å². The molecule has 0 aliphatic rings. The Bertz CT molecular complexity index is 150. The van der Waals surface area contributed by atoms with E-state index in [-0.39, 0.29) is 19.1 Å². The fourth-order valence-electron chi connectivity index (χ4n) is 1.06. The Kier molecular flexibility index (Phi) is 6.54. The molecule has 78 valence electrons. The number of aliphatic carboxylic acids is 1. The molecule has 0 rings (SSSR count). The molecule has 0 radical (unpaired) electrons. The third-order valence-corrected chi connectivity index (χ3v) is 1.92. The quantitative estimate of drug-likeness (QED) is 0.544. The van der Waals surface area contributed by atoms with Crippen LogP contribution >= 0.6 is 0 Å². The van der Waals surface area contributed by atoms with Crippen LogP contribution in [0.15, 0.2) is 0 Å². The van der Waals surface area contributed by atoms with Gasteiger partial charge in [0.1, 0.15) is 0 Å². The Balaban J connectivity index is 3.45. The lowest BCUT2D eigenvalue weighted by Gasteiger charge is -2.15. The Morgan fingerprint density at radius 3 is 2.54 bits per heavy atom. The van der Waals surface area contributed by atoms with Crippen molar-refractivity contribution in [1.82, 2.24) is 5.32 Å². The standard InChI is InChI=1S/C9H19NO3/c1-7(3-4-11)6-10-8(2)5-9(12)13/h7-8,10-11H,3-6H2,1-2H3,(H,12,13). The number of carboxylic acids is 1. The number of aliphatic hydroxyl groups is 1. The van der Waals surface area contributed by atoms with E-state index in [9.17, 15) is 4.79 Å². The third kappa shape index (κ3) is 7.74. The van der Waals surface area contributed by atoms with E-state index < -0.39 is 5.97 Å². The van der Waals surface area contributed by atoms with Crippen molar-refractivity contribution >= 4 is 5.97 Å². The van der Waals surface area contributed by atoms with Crippen molar-refractivity contribution in [2.75, 3.05) is 13.2 Å². The molecule has 4 nitrogen and oxygen atoms in total. The first-order valence-electron chi connectivity index (χ1n) is 4.62. The fourth-order valence-corrected chi connectivity index (χ4v) is 1.06. The Morgan fingerprint density at radius 1 is 1.46 bits per heavy atom. The van der Waals surface area contributed by atoms with Crippen molar-refractivity contribution in [2.45, 2.75) is 32.7 Å². The molecule has 0 bridgehead atoms. The minimum absolute atomic E-state index is 0.00126. The van der Waals surface area contributed by atoms with Gasteiger partial charge in [-0.2, -0.15) is 0 Å². The van der Waals surface area contributed by atoms with Gasteiger partial charge in [0.2, 0.25) is 0 Å². The number of hydrogen-bond acceptors (Lipinski definition) is 3. The zero-order valence-corrected chi connectivity index (χ0v) is 8.29. The Morgan fingerprint density at radius 2 is 2.08 bits per heavy atom. The van der Waals surface area contributed by atoms with Gasteiger partial charge in [-0.15, -0.1) is 0 Å². The van der Waals surface area contributed by atoms with Crippen molar-refractivity contribution in [3.8, 4) is 0 Å². The van der Waals surface area contributed by atoms with E-state index in [0.29, 0.717) is 5.92 Å². The minimum atomic E-state index is -0.783. The van der Waals surface area contributed by atoms with Gasteiger partial charge in [-0.1, -0.05) is 6.92 Å². The highest BCUT2D eigenvalue weighted by Crippen LogP contribution is 1.99. The molecule has 0 fully saturated rings. The van der Waals surface area contributed by atoms with Crippen molar-refractivity contribution in [3.63, 3.8) is 0 Å². The SMILES string of the molecule is CC(CCO)CNC(C)CC(=O)O. The maximum absolute atomic E-state index is 10.3. The predicted molar refractivity (Wildman–Crippen MR) is 50.6 cm³/mol. The van der Waals surface area contributed by atoms with Crippen LogP contribution in [0.25, 0.3) is 0 Å². The Labute approximate surface area is 79.0 Å². The highest BCUT2D eigenvalue weighted by molar-refractivity contribution is 5.67. The molecule has 0 saturated heterocycles. The summed E-state index contributed by atoms with van der Waals surface area (Å²) in [5.41, 5.74) is 0. The molecule has 0 aromatic carbocycles. The lowest BCUT2D eigenvalue weighted by Crippen LogP contribution is -2.32. The normalized spacial score (nSPS) is 15.3. The first kappa shape index (κ1) is 12.4. The smallest absolute Gasteiger partial charge is 0.304 e. The number of carbonyl (C=O) groups is 1. The highest BCUT2D eigenvalue weighted by atomic mass is 16.4. The van der Waals surface area contributed by atoms with Crippen LogP contribution in [0.2, 0.25) is 0 Å². The predicted octanol–water partition coefficient (Wildman–Crippen LogP) is 0.458. The summed E-state index contributed by atoms with van der Waals surface area (Å²) < 4.78 is 0. The summed E-state index contributed by atoms with van der Waals surface area (Å²) in [4.78, 5) is 10.3. The van der Waals surface area contributed by atoms with Gasteiger partial charge in [0.05, 0.1) is 6.42 Å². The average molecular weight is 189 g/mol. The van der Waals surface area contributed by atoms with E-state index >= 15 is 0 Å². The zero-order valence-electron chi connectivity index (χ0n) is 8.29. The monoisotopic (exact) mass is 189 g/mol. The summed E-state index contributed by atoms with van der Waals surface area (Å²) in [7, 11) is 0. The largest absolute Gasteiger partial charge is 0.481 e. The van der Waals surface area contributed by atoms with Crippen molar-refractivity contribution in [2.24, 2.45) is 5.92 Å². The van der Waals surface area contributed by atoms with Crippen molar-refractivity contribution < 1.29 is 15.0 Å². The van der Waals surface area contributed by atoms with Crippen LogP contribution in [0.5, 0.6) is 0 Å². The topological polar surface area (TPSA) is 69.6 Å². The maximum Gasteiger partial charge on any atom is 0.304 e. The molecule has 0 heterocycles. The van der Waals surface area contributed by atoms with Crippen LogP contribution in [0.3, 0.4) is 0 Å². The van der Waals surface area contributed by atoms with Crippen LogP contribution in [0.1, 0.15) is 26.7 Å². The maximum atomic E-state index is 10.3. The molecule has 0 aliphatic carbocycles. The summed E-state index contributed by atoms with van der Waals surface area (Å²) in [6.07, 6.45) is 0.901. The van der Waals surface area contributed by atoms with Gasteiger partial charge in [0.15, 0.2) is 0 Å². The molecule has 3 N–H and O–H groups in total. The fraction of sp³-hybridized carbons (Fsp3) is 0.889. The molecule has 0 spiro atoms. The first-order chi connectivity index (χ1) is 6.06. The summed E-state index contributed by atoms with van der Waals surface area (Å²) in [5.74, 6) is -0.393. The number of carboxylic acid groups (broad SMARTS) is 1. The van der Waals surface area contributed by atoms with Crippen molar-refractivity contribution in [1.29, 1.82) is 0 Å². The van der Waals surface area contributed by atoms with Gasteiger partial charge in [-0.05, 0) is 25.8 Å². The van der Waals surface area contributed by atoms with Crippen LogP contribution in [-0.4, -0.2) is 35.4 Å². The molecule has 0 saturated carbocycles. The summed E-state index contributed by atoms with van der Waals surface area (Å²) in [6, 6.07) is -0.00126. The average Bonchev–Trinajstić information content (AvgIpc) is 2.00. The molecule has 13 heavy (non-hydrogen) atoms. The van der Waals surface area contributed by atoms with E-state index in [0.717, 1.165) is 13.0 Å². The van der Waals surface area contributed by atoms with Gasteiger partial charge in [0, 0.05) is 12.6 Å². The number of aliphatic hydroxyl groups excluding tert-OH is 1. The number of rotatable bonds is 7. The summed E-state index contributed by atoms with van der Waals surface area (Å²) >= 11 is 0. The summed E-state index contributed by atoms with van der Waals surface area (Å²) in [5, 5.41) is 20.2. The molecule has 0 aromatic heterocycles. The second-order valence-corrected chi connectivity index (χ2v) is 3.52. The molecule has 2 atom stereocenters. The zero-order chi connectivity index (χ0) is 10.3. The number of nitrogens with one attached hydrogen (secondary N) is 1. The second kappa shape index (κ2) is 6.86. The second-order valence-electron chi connectivity index (χ2n) is 3.52. The van der Waals surface area contributed by atoms with Gasteiger partial charge in [-0.3, -0.25) is 4.79 Å². The van der Waals surface area contributed by atoms with E-state index in [4.69, 9.17) is 10.2 Å². The van der Waals surface area contributed by atoms with Crippen molar-refractivity contribution in [3.05, 3.63) is 0 Å². The molecule has 0 aromatic rings. The molecule has 0 amide bonds. The van der Waals surface area contributed by atoms with Crippen LogP contribution in [-0.2, 0) is 4.79 Å². The highest BCUT2D eigenvalue weighted by Gasteiger charge is 2.08. The van der Waals surface area contributed by atoms with Gasteiger partial charge in [0.25, 0.3) is 0 Å². The van der Waals surface area contributed by atoms with E-state index in [1.54, 1.807) is 0 Å². The van der Waals surface area contributed by atoms with E-state index in [1.807, 2.05) is 13.8 Å². The molecule has 4 heteroatoms. The minimum Gasteiger partial charge on any atom is -0.481 e. The Hall–Kier alpha value is -0.610. The van der Waals surface area contributed by atoms with Crippen LogP contribution < -0.4 is 5.32 Å².